The van der Waals surface area contributed by atoms with Crippen LogP contribution in [0.3, 0.4) is 0 Å². The Balaban J connectivity index is 2.35. The summed E-state index contributed by atoms with van der Waals surface area (Å²) in [6.45, 7) is 0. The number of nitrogens with one attached hydrogen (secondary N) is 1. The summed E-state index contributed by atoms with van der Waals surface area (Å²) in [4.78, 5) is 1.56. The second-order valence-corrected chi connectivity index (χ2v) is 4.65. The average molecular weight is 205 g/mol. The number of thiophene rings is 1. The fourth-order valence-corrected chi connectivity index (χ4v) is 3.26. The first kappa shape index (κ1) is 9.76. The molecule has 1 heterocycles. The molecule has 0 saturated carbocycles. The van der Waals surface area contributed by atoms with Crippen molar-refractivity contribution in [2.75, 3.05) is 7.05 Å². The van der Waals surface area contributed by atoms with Gasteiger partial charge in [-0.3, -0.25) is 0 Å². The Labute approximate surface area is 89.5 Å². The van der Waals surface area contributed by atoms with E-state index in [0.29, 0.717) is 0 Å². The van der Waals surface area contributed by atoms with Crippen LogP contribution in [0.4, 0.5) is 0 Å². The van der Waals surface area contributed by atoms with Gasteiger partial charge in [0.15, 0.2) is 0 Å². The lowest BCUT2D eigenvalue weighted by molar-refractivity contribution is 0.670. The van der Waals surface area contributed by atoms with E-state index in [1.807, 2.05) is 18.4 Å². The maximum Gasteiger partial charge on any atom is 0.0951 e. The molecule has 74 valence electrons. The summed E-state index contributed by atoms with van der Waals surface area (Å²) in [6, 6.07) is 0.105. The molecular weight excluding hydrogens is 190 g/mol. The van der Waals surface area contributed by atoms with Crippen LogP contribution in [-0.2, 0) is 12.8 Å². The van der Waals surface area contributed by atoms with E-state index in [1.165, 1.54) is 36.8 Å². The molecule has 2 heteroatoms. The monoisotopic (exact) mass is 205 g/mol. The molecule has 1 unspecified atom stereocenters. The van der Waals surface area contributed by atoms with Crippen LogP contribution < -0.4 is 5.32 Å². The standard InChI is InChI=1S/C12H15NS/c1-3-11(13-2)10-8-14-12-7-5-4-6-9(10)12/h1,8,11,13H,4-7H2,2H3. The molecule has 0 bridgehead atoms. The van der Waals surface area contributed by atoms with Crippen LogP contribution >= 0.6 is 11.3 Å². The largest absolute Gasteiger partial charge is 0.303 e. The molecule has 1 aliphatic rings. The van der Waals surface area contributed by atoms with E-state index in [-0.39, 0.29) is 6.04 Å². The molecule has 0 aliphatic heterocycles. The van der Waals surface area contributed by atoms with Crippen molar-refractivity contribution in [1.82, 2.24) is 5.32 Å². The van der Waals surface area contributed by atoms with Crippen LogP contribution in [0.25, 0.3) is 0 Å². The third-order valence-electron chi connectivity index (χ3n) is 2.86. The lowest BCUT2D eigenvalue weighted by atomic mass is 9.93. The molecule has 1 atom stereocenters. The summed E-state index contributed by atoms with van der Waals surface area (Å²) in [5.74, 6) is 2.80. The molecule has 0 spiro atoms. The van der Waals surface area contributed by atoms with Gasteiger partial charge in [0.2, 0.25) is 0 Å². The van der Waals surface area contributed by atoms with Crippen LogP contribution in [0, 0.1) is 12.3 Å². The minimum absolute atomic E-state index is 0.105. The Bertz CT molecular complexity index is 359. The van der Waals surface area contributed by atoms with Crippen molar-refractivity contribution in [3.63, 3.8) is 0 Å². The first-order valence-electron chi connectivity index (χ1n) is 5.09. The molecule has 0 radical (unpaired) electrons. The van der Waals surface area contributed by atoms with Crippen molar-refractivity contribution in [3.05, 3.63) is 21.4 Å². The molecule has 1 aromatic heterocycles. The van der Waals surface area contributed by atoms with Crippen LogP contribution in [-0.4, -0.2) is 7.05 Å². The molecule has 14 heavy (non-hydrogen) atoms. The zero-order chi connectivity index (χ0) is 9.97. The van der Waals surface area contributed by atoms with E-state index in [2.05, 4.69) is 16.6 Å². The van der Waals surface area contributed by atoms with Gasteiger partial charge in [-0.2, -0.15) is 0 Å². The van der Waals surface area contributed by atoms with Gasteiger partial charge >= 0.3 is 0 Å². The molecule has 0 aromatic carbocycles. The van der Waals surface area contributed by atoms with Gasteiger partial charge in [0.05, 0.1) is 6.04 Å². The Morgan fingerprint density at radius 1 is 1.50 bits per heavy atom. The van der Waals surface area contributed by atoms with Crippen LogP contribution in [0.2, 0.25) is 0 Å². The number of hydrogen-bond donors (Lipinski definition) is 1. The number of rotatable bonds is 2. The van der Waals surface area contributed by atoms with Gasteiger partial charge in [-0.1, -0.05) is 5.92 Å². The van der Waals surface area contributed by atoms with Gasteiger partial charge in [-0.25, -0.2) is 0 Å². The quantitative estimate of drug-likeness (QED) is 0.732. The zero-order valence-corrected chi connectivity index (χ0v) is 9.29. The molecule has 0 fully saturated rings. The molecule has 1 aromatic rings. The minimum Gasteiger partial charge on any atom is -0.303 e. The first-order valence-corrected chi connectivity index (χ1v) is 5.97. The van der Waals surface area contributed by atoms with Crippen LogP contribution in [0.5, 0.6) is 0 Å². The van der Waals surface area contributed by atoms with Crippen molar-refractivity contribution >= 4 is 11.3 Å². The Morgan fingerprint density at radius 3 is 3.00 bits per heavy atom. The Morgan fingerprint density at radius 2 is 2.29 bits per heavy atom. The van der Waals surface area contributed by atoms with E-state index in [0.717, 1.165) is 0 Å². The second-order valence-electron chi connectivity index (χ2n) is 3.69. The van der Waals surface area contributed by atoms with Gasteiger partial charge in [0.1, 0.15) is 0 Å². The van der Waals surface area contributed by atoms with Crippen molar-refractivity contribution in [2.45, 2.75) is 31.7 Å². The van der Waals surface area contributed by atoms with Gasteiger partial charge in [-0.15, -0.1) is 17.8 Å². The summed E-state index contributed by atoms with van der Waals surface area (Å²) in [5, 5.41) is 5.41. The third-order valence-corrected chi connectivity index (χ3v) is 3.97. The predicted octanol–water partition coefficient (Wildman–Crippen LogP) is 2.52. The van der Waals surface area contributed by atoms with Crippen molar-refractivity contribution < 1.29 is 0 Å². The molecule has 0 saturated heterocycles. The third kappa shape index (κ3) is 1.58. The molecule has 1 aliphatic carbocycles. The van der Waals surface area contributed by atoms with E-state index in [9.17, 15) is 0 Å². The topological polar surface area (TPSA) is 12.0 Å². The first-order chi connectivity index (χ1) is 6.86. The van der Waals surface area contributed by atoms with Crippen LogP contribution in [0.15, 0.2) is 5.38 Å². The Hall–Kier alpha value is -0.780. The van der Waals surface area contributed by atoms with Crippen molar-refractivity contribution in [2.24, 2.45) is 0 Å². The smallest absolute Gasteiger partial charge is 0.0951 e. The highest BCUT2D eigenvalue weighted by Crippen LogP contribution is 2.33. The van der Waals surface area contributed by atoms with Crippen LogP contribution in [0.1, 0.15) is 34.9 Å². The zero-order valence-electron chi connectivity index (χ0n) is 8.47. The van der Waals surface area contributed by atoms with E-state index >= 15 is 0 Å². The molecule has 2 rings (SSSR count). The highest BCUT2D eigenvalue weighted by molar-refractivity contribution is 7.10. The lowest BCUT2D eigenvalue weighted by Gasteiger charge is -2.15. The highest BCUT2D eigenvalue weighted by atomic mass is 32.1. The summed E-state index contributed by atoms with van der Waals surface area (Å²) in [5.41, 5.74) is 2.87. The average Bonchev–Trinajstić information content (AvgIpc) is 2.65. The predicted molar refractivity (Wildman–Crippen MR) is 61.6 cm³/mol. The second kappa shape index (κ2) is 4.16. The van der Waals surface area contributed by atoms with E-state index < -0.39 is 0 Å². The maximum absolute atomic E-state index is 5.50. The number of terminal acetylenes is 1. The molecule has 0 amide bonds. The molecule has 1 nitrogen and oxygen atoms in total. The number of aryl methyl sites for hydroxylation is 1. The van der Waals surface area contributed by atoms with Gasteiger partial charge in [-0.05, 0) is 49.2 Å². The fourth-order valence-electron chi connectivity index (χ4n) is 2.09. The van der Waals surface area contributed by atoms with Crippen molar-refractivity contribution in [3.8, 4) is 12.3 Å². The molecular formula is C12H15NS. The number of fused-ring (bicyclic) bond motifs is 1. The van der Waals surface area contributed by atoms with Gasteiger partial charge < -0.3 is 5.32 Å². The van der Waals surface area contributed by atoms with E-state index in [4.69, 9.17) is 6.42 Å². The molecule has 1 N–H and O–H groups in total. The lowest BCUT2D eigenvalue weighted by Crippen LogP contribution is -2.16. The SMILES string of the molecule is C#CC(NC)c1csc2c1CCCC2. The summed E-state index contributed by atoms with van der Waals surface area (Å²) < 4.78 is 0. The normalized spacial score (nSPS) is 17.1. The minimum atomic E-state index is 0.105. The van der Waals surface area contributed by atoms with E-state index in [1.54, 1.807) is 4.88 Å². The summed E-state index contributed by atoms with van der Waals surface area (Å²) in [7, 11) is 1.93. The van der Waals surface area contributed by atoms with Gasteiger partial charge in [0.25, 0.3) is 0 Å². The van der Waals surface area contributed by atoms with Crippen molar-refractivity contribution in [1.29, 1.82) is 0 Å². The fraction of sp³-hybridized carbons (Fsp3) is 0.500. The summed E-state index contributed by atoms with van der Waals surface area (Å²) in [6.07, 6.45) is 10.6. The summed E-state index contributed by atoms with van der Waals surface area (Å²) >= 11 is 1.88. The van der Waals surface area contributed by atoms with Gasteiger partial charge in [0, 0.05) is 4.88 Å². The number of hydrogen-bond acceptors (Lipinski definition) is 2. The highest BCUT2D eigenvalue weighted by Gasteiger charge is 2.19. The Kier molecular flexibility index (Phi) is 2.90. The maximum atomic E-state index is 5.50.